The van der Waals surface area contributed by atoms with E-state index in [-0.39, 0.29) is 11.9 Å². The monoisotopic (exact) mass is 347 g/mol. The van der Waals surface area contributed by atoms with Gasteiger partial charge in [0, 0.05) is 31.1 Å². The van der Waals surface area contributed by atoms with Gasteiger partial charge >= 0.3 is 0 Å². The molecule has 5 nitrogen and oxygen atoms in total. The molecule has 0 aliphatic rings. The first-order valence-electron chi connectivity index (χ1n) is 8.52. The van der Waals surface area contributed by atoms with E-state index in [1.807, 2.05) is 55.5 Å². The molecule has 5 heteroatoms. The summed E-state index contributed by atoms with van der Waals surface area (Å²) in [7, 11) is 1.79. The zero-order valence-electron chi connectivity index (χ0n) is 14.9. The second kappa shape index (κ2) is 8.25. The molecule has 1 amide bonds. The van der Waals surface area contributed by atoms with Crippen LogP contribution in [-0.2, 0) is 0 Å². The molecule has 0 bridgehead atoms. The Bertz CT molecular complexity index is 814. The smallest absolute Gasteiger partial charge is 0.254 e. The zero-order chi connectivity index (χ0) is 18.4. The van der Waals surface area contributed by atoms with Crippen LogP contribution in [0.2, 0.25) is 0 Å². The molecule has 0 aliphatic heterocycles. The van der Waals surface area contributed by atoms with Crippen LogP contribution in [0.4, 0.5) is 0 Å². The van der Waals surface area contributed by atoms with Crippen molar-refractivity contribution in [3.63, 3.8) is 0 Å². The molecule has 2 aromatic heterocycles. The van der Waals surface area contributed by atoms with Crippen molar-refractivity contribution in [1.82, 2.24) is 14.9 Å². The van der Waals surface area contributed by atoms with Crippen molar-refractivity contribution < 1.29 is 9.53 Å². The maximum atomic E-state index is 13.1. The number of pyridine rings is 2. The van der Waals surface area contributed by atoms with Gasteiger partial charge < -0.3 is 9.64 Å². The van der Waals surface area contributed by atoms with Gasteiger partial charge in [-0.15, -0.1) is 0 Å². The largest absolute Gasteiger partial charge is 0.478 e. The minimum Gasteiger partial charge on any atom is -0.478 e. The Labute approximate surface area is 153 Å². The number of amides is 1. The summed E-state index contributed by atoms with van der Waals surface area (Å²) < 4.78 is 5.41. The van der Waals surface area contributed by atoms with E-state index in [1.165, 1.54) is 0 Å². The van der Waals surface area contributed by atoms with Gasteiger partial charge in [0.15, 0.2) is 0 Å². The summed E-state index contributed by atoms with van der Waals surface area (Å²) in [5, 5.41) is 0. The number of rotatable bonds is 6. The summed E-state index contributed by atoms with van der Waals surface area (Å²) in [6.07, 6.45) is 3.33. The van der Waals surface area contributed by atoms with Crippen molar-refractivity contribution in [2.24, 2.45) is 0 Å². The van der Waals surface area contributed by atoms with Crippen molar-refractivity contribution >= 4 is 5.91 Å². The fraction of sp³-hybridized carbons (Fsp3) is 0.190. The van der Waals surface area contributed by atoms with Gasteiger partial charge in [-0.1, -0.05) is 36.4 Å². The highest BCUT2D eigenvalue weighted by molar-refractivity contribution is 5.94. The van der Waals surface area contributed by atoms with E-state index in [0.717, 1.165) is 11.3 Å². The number of ether oxygens (including phenoxy) is 1. The van der Waals surface area contributed by atoms with Crippen LogP contribution >= 0.6 is 0 Å². The van der Waals surface area contributed by atoms with Crippen molar-refractivity contribution in [3.8, 4) is 5.88 Å². The predicted octanol–water partition coefficient (Wildman–Crippen LogP) is 3.74. The first kappa shape index (κ1) is 17.6. The highest BCUT2D eigenvalue weighted by Gasteiger charge is 2.25. The average molecular weight is 347 g/mol. The highest BCUT2D eigenvalue weighted by Crippen LogP contribution is 2.27. The van der Waals surface area contributed by atoms with Gasteiger partial charge in [0.25, 0.3) is 5.91 Å². The summed E-state index contributed by atoms with van der Waals surface area (Å²) >= 11 is 0. The Balaban J connectivity index is 1.96. The van der Waals surface area contributed by atoms with Crippen LogP contribution < -0.4 is 4.74 Å². The third kappa shape index (κ3) is 3.88. The predicted molar refractivity (Wildman–Crippen MR) is 100 cm³/mol. The fourth-order valence-corrected chi connectivity index (χ4v) is 2.86. The summed E-state index contributed by atoms with van der Waals surface area (Å²) in [6.45, 7) is 2.38. The molecule has 1 atom stereocenters. The molecule has 0 spiro atoms. The van der Waals surface area contributed by atoms with E-state index in [4.69, 9.17) is 4.74 Å². The number of benzene rings is 1. The number of hydrogen-bond donors (Lipinski definition) is 0. The molecule has 0 saturated carbocycles. The SMILES string of the molecule is CCOc1cc(C(=O)N(C)C(c2ccccc2)c2ccccn2)ccn1. The maximum absolute atomic E-state index is 13.1. The second-order valence-corrected chi connectivity index (χ2v) is 5.80. The Hall–Kier alpha value is -3.21. The molecule has 0 aliphatic carbocycles. The molecule has 132 valence electrons. The Kier molecular flexibility index (Phi) is 5.59. The lowest BCUT2D eigenvalue weighted by Crippen LogP contribution is -2.32. The van der Waals surface area contributed by atoms with Crippen LogP contribution in [-0.4, -0.2) is 34.4 Å². The third-order valence-corrected chi connectivity index (χ3v) is 4.06. The fourth-order valence-electron chi connectivity index (χ4n) is 2.86. The number of carbonyl (C=O) groups excluding carboxylic acids is 1. The van der Waals surface area contributed by atoms with Crippen LogP contribution in [0.3, 0.4) is 0 Å². The van der Waals surface area contributed by atoms with Gasteiger partial charge in [-0.05, 0) is 30.7 Å². The van der Waals surface area contributed by atoms with Gasteiger partial charge in [0.2, 0.25) is 5.88 Å². The summed E-state index contributed by atoms with van der Waals surface area (Å²) in [5.74, 6) is 0.328. The van der Waals surface area contributed by atoms with E-state index in [9.17, 15) is 4.79 Å². The van der Waals surface area contributed by atoms with E-state index in [0.29, 0.717) is 18.1 Å². The Morgan fingerprint density at radius 3 is 2.50 bits per heavy atom. The molecule has 0 radical (unpaired) electrons. The minimum atomic E-state index is -0.284. The summed E-state index contributed by atoms with van der Waals surface area (Å²) in [4.78, 5) is 23.4. The standard InChI is InChI=1S/C21H21N3O2/c1-3-26-19-15-17(12-14-23-19)21(25)24(2)20(16-9-5-4-6-10-16)18-11-7-8-13-22-18/h4-15,20H,3H2,1-2H3. The van der Waals surface area contributed by atoms with Crippen molar-refractivity contribution in [2.45, 2.75) is 13.0 Å². The highest BCUT2D eigenvalue weighted by atomic mass is 16.5. The quantitative estimate of drug-likeness (QED) is 0.682. The van der Waals surface area contributed by atoms with Crippen LogP contribution in [0.5, 0.6) is 5.88 Å². The topological polar surface area (TPSA) is 55.3 Å². The molecule has 3 rings (SSSR count). The average Bonchev–Trinajstić information content (AvgIpc) is 2.70. The summed E-state index contributed by atoms with van der Waals surface area (Å²) in [6, 6.07) is 18.7. The molecule has 2 heterocycles. The normalized spacial score (nSPS) is 11.6. The van der Waals surface area contributed by atoms with Crippen LogP contribution in [0.1, 0.15) is 34.6 Å². The van der Waals surface area contributed by atoms with Gasteiger partial charge in [0.05, 0.1) is 18.3 Å². The molecule has 26 heavy (non-hydrogen) atoms. The number of aromatic nitrogens is 2. The van der Waals surface area contributed by atoms with Gasteiger partial charge in [-0.3, -0.25) is 9.78 Å². The number of nitrogens with zero attached hydrogens (tertiary/aromatic N) is 3. The second-order valence-electron chi connectivity index (χ2n) is 5.80. The molecule has 0 fully saturated rings. The molecule has 1 unspecified atom stereocenters. The first-order chi connectivity index (χ1) is 12.7. The zero-order valence-corrected chi connectivity index (χ0v) is 14.9. The van der Waals surface area contributed by atoms with Crippen molar-refractivity contribution in [3.05, 3.63) is 89.9 Å². The van der Waals surface area contributed by atoms with E-state index < -0.39 is 0 Å². The number of hydrogen-bond acceptors (Lipinski definition) is 4. The Morgan fingerprint density at radius 2 is 1.81 bits per heavy atom. The molecule has 1 aromatic carbocycles. The van der Waals surface area contributed by atoms with Crippen LogP contribution in [0.25, 0.3) is 0 Å². The van der Waals surface area contributed by atoms with E-state index in [2.05, 4.69) is 9.97 Å². The van der Waals surface area contributed by atoms with E-state index in [1.54, 1.807) is 36.5 Å². The molecule has 0 saturated heterocycles. The third-order valence-electron chi connectivity index (χ3n) is 4.06. The molecular formula is C21H21N3O2. The molecule has 3 aromatic rings. The lowest BCUT2D eigenvalue weighted by Gasteiger charge is -2.28. The van der Waals surface area contributed by atoms with Gasteiger partial charge in [-0.2, -0.15) is 0 Å². The van der Waals surface area contributed by atoms with Crippen LogP contribution in [0, 0.1) is 0 Å². The lowest BCUT2D eigenvalue weighted by molar-refractivity contribution is 0.0752. The first-order valence-corrected chi connectivity index (χ1v) is 8.52. The van der Waals surface area contributed by atoms with Crippen molar-refractivity contribution in [1.29, 1.82) is 0 Å². The van der Waals surface area contributed by atoms with Crippen LogP contribution in [0.15, 0.2) is 73.1 Å². The van der Waals surface area contributed by atoms with Crippen molar-refractivity contribution in [2.75, 3.05) is 13.7 Å². The maximum Gasteiger partial charge on any atom is 0.254 e. The summed E-state index contributed by atoms with van der Waals surface area (Å²) in [5.41, 5.74) is 2.34. The number of carbonyl (C=O) groups is 1. The Morgan fingerprint density at radius 1 is 1.04 bits per heavy atom. The molecule has 0 N–H and O–H groups in total. The van der Waals surface area contributed by atoms with Gasteiger partial charge in [-0.25, -0.2) is 4.98 Å². The van der Waals surface area contributed by atoms with E-state index >= 15 is 0 Å². The van der Waals surface area contributed by atoms with Gasteiger partial charge in [0.1, 0.15) is 0 Å². The lowest BCUT2D eigenvalue weighted by atomic mass is 10.0. The minimum absolute atomic E-state index is 0.118. The molecular weight excluding hydrogens is 326 g/mol.